The van der Waals surface area contributed by atoms with E-state index >= 15 is 0 Å². The van der Waals surface area contributed by atoms with Gasteiger partial charge in [0, 0.05) is 26.7 Å². The average Bonchev–Trinajstić information content (AvgIpc) is 2.82. The van der Waals surface area contributed by atoms with Crippen molar-refractivity contribution in [1.29, 1.82) is 0 Å². The van der Waals surface area contributed by atoms with Crippen molar-refractivity contribution in [1.82, 2.24) is 20.4 Å². The highest BCUT2D eigenvalue weighted by atomic mass is 16.5. The molecular weight excluding hydrogens is 248 g/mol. The lowest BCUT2D eigenvalue weighted by atomic mass is 10.4. The highest BCUT2D eigenvalue weighted by Gasteiger charge is 2.10. The predicted molar refractivity (Wildman–Crippen MR) is 69.5 cm³/mol. The summed E-state index contributed by atoms with van der Waals surface area (Å²) < 4.78 is 10.3. The summed E-state index contributed by atoms with van der Waals surface area (Å²) in [6.45, 7) is 4.00. The van der Waals surface area contributed by atoms with Crippen molar-refractivity contribution in [3.63, 3.8) is 0 Å². The van der Waals surface area contributed by atoms with Crippen LogP contribution >= 0.6 is 0 Å². The standard InChI is InChI=1S/C12H22N4O3/c1-4-11-14-15-12(19-11)9-16(2)8-10(17)13-6-5-7-18-3/h4-9H2,1-3H3,(H,13,17). The van der Waals surface area contributed by atoms with Crippen LogP contribution < -0.4 is 5.32 Å². The summed E-state index contributed by atoms with van der Waals surface area (Å²) in [6, 6.07) is 0. The lowest BCUT2D eigenvalue weighted by Crippen LogP contribution is -2.35. The molecule has 0 saturated carbocycles. The number of aromatic nitrogens is 2. The van der Waals surface area contributed by atoms with Crippen LogP contribution in [0.2, 0.25) is 0 Å². The molecule has 7 heteroatoms. The molecule has 0 unspecified atom stereocenters. The van der Waals surface area contributed by atoms with Gasteiger partial charge in [0.15, 0.2) is 0 Å². The largest absolute Gasteiger partial charge is 0.424 e. The third-order valence-electron chi connectivity index (χ3n) is 2.48. The van der Waals surface area contributed by atoms with Gasteiger partial charge in [0.2, 0.25) is 17.7 Å². The Balaban J connectivity index is 2.22. The molecule has 0 atom stereocenters. The molecule has 0 aliphatic heterocycles. The number of rotatable bonds is 9. The number of nitrogens with one attached hydrogen (secondary N) is 1. The summed E-state index contributed by atoms with van der Waals surface area (Å²) in [5, 5.41) is 10.6. The Hall–Kier alpha value is -1.47. The first-order valence-corrected chi connectivity index (χ1v) is 6.41. The highest BCUT2D eigenvalue weighted by Crippen LogP contribution is 2.02. The summed E-state index contributed by atoms with van der Waals surface area (Å²) in [5.41, 5.74) is 0. The summed E-state index contributed by atoms with van der Waals surface area (Å²) in [7, 11) is 3.48. The van der Waals surface area contributed by atoms with Crippen LogP contribution in [0.1, 0.15) is 25.1 Å². The second-order valence-corrected chi connectivity index (χ2v) is 4.31. The molecule has 1 amide bonds. The van der Waals surface area contributed by atoms with Crippen molar-refractivity contribution in [3.8, 4) is 0 Å². The molecule has 0 bridgehead atoms. The predicted octanol–water partition coefficient (Wildman–Crippen LogP) is 0.217. The van der Waals surface area contributed by atoms with Gasteiger partial charge in [-0.2, -0.15) is 0 Å². The maximum absolute atomic E-state index is 11.6. The van der Waals surface area contributed by atoms with E-state index in [9.17, 15) is 4.79 Å². The quantitative estimate of drug-likeness (QED) is 0.646. The Labute approximate surface area is 113 Å². The first-order valence-electron chi connectivity index (χ1n) is 6.41. The lowest BCUT2D eigenvalue weighted by molar-refractivity contribution is -0.122. The van der Waals surface area contributed by atoms with Gasteiger partial charge in [0.1, 0.15) is 0 Å². The van der Waals surface area contributed by atoms with Crippen LogP contribution in [-0.2, 0) is 22.5 Å². The zero-order valence-electron chi connectivity index (χ0n) is 11.8. The molecule has 1 rings (SSSR count). The van der Waals surface area contributed by atoms with Gasteiger partial charge >= 0.3 is 0 Å². The van der Waals surface area contributed by atoms with Gasteiger partial charge in [0.05, 0.1) is 13.1 Å². The van der Waals surface area contributed by atoms with Gasteiger partial charge in [-0.05, 0) is 13.5 Å². The third kappa shape index (κ3) is 6.30. The van der Waals surface area contributed by atoms with E-state index in [-0.39, 0.29) is 5.91 Å². The fourth-order valence-electron chi connectivity index (χ4n) is 1.53. The summed E-state index contributed by atoms with van der Waals surface area (Å²) in [6.07, 6.45) is 1.53. The molecule has 0 aliphatic rings. The van der Waals surface area contributed by atoms with E-state index in [0.717, 1.165) is 12.8 Å². The normalized spacial score (nSPS) is 10.9. The molecule has 0 radical (unpaired) electrons. The van der Waals surface area contributed by atoms with Crippen molar-refractivity contribution in [2.24, 2.45) is 0 Å². The van der Waals surface area contributed by atoms with E-state index in [1.54, 1.807) is 7.11 Å². The Bertz CT molecular complexity index is 381. The van der Waals surface area contributed by atoms with Crippen molar-refractivity contribution < 1.29 is 13.9 Å². The van der Waals surface area contributed by atoms with E-state index < -0.39 is 0 Å². The molecule has 7 nitrogen and oxygen atoms in total. The number of carbonyl (C=O) groups excluding carboxylic acids is 1. The Morgan fingerprint density at radius 2 is 2.16 bits per heavy atom. The second-order valence-electron chi connectivity index (χ2n) is 4.31. The van der Waals surface area contributed by atoms with Crippen molar-refractivity contribution >= 4 is 5.91 Å². The number of carbonyl (C=O) groups is 1. The Kier molecular flexibility index (Phi) is 7.06. The van der Waals surface area contributed by atoms with Crippen molar-refractivity contribution in [3.05, 3.63) is 11.8 Å². The molecule has 0 aliphatic carbocycles. The Morgan fingerprint density at radius 3 is 2.79 bits per heavy atom. The van der Waals surface area contributed by atoms with Gasteiger partial charge < -0.3 is 14.5 Å². The fourth-order valence-corrected chi connectivity index (χ4v) is 1.53. The first-order chi connectivity index (χ1) is 9.15. The molecule has 1 aromatic heterocycles. The third-order valence-corrected chi connectivity index (χ3v) is 2.48. The highest BCUT2D eigenvalue weighted by molar-refractivity contribution is 5.77. The number of hydrogen-bond acceptors (Lipinski definition) is 6. The fraction of sp³-hybridized carbons (Fsp3) is 0.750. The monoisotopic (exact) mass is 270 g/mol. The molecule has 1 heterocycles. The van der Waals surface area contributed by atoms with Crippen LogP contribution in [0.25, 0.3) is 0 Å². The minimum atomic E-state index is -0.0196. The number of hydrogen-bond donors (Lipinski definition) is 1. The zero-order chi connectivity index (χ0) is 14.1. The molecule has 19 heavy (non-hydrogen) atoms. The number of amides is 1. The number of nitrogens with zero attached hydrogens (tertiary/aromatic N) is 3. The van der Waals surface area contributed by atoms with Crippen LogP contribution in [0.4, 0.5) is 0 Å². The number of ether oxygens (including phenoxy) is 1. The van der Waals surface area contributed by atoms with E-state index in [1.807, 2.05) is 18.9 Å². The molecular formula is C12H22N4O3. The molecule has 108 valence electrons. The van der Waals surface area contributed by atoms with Gasteiger partial charge in [-0.15, -0.1) is 10.2 Å². The SMILES string of the molecule is CCc1nnc(CN(C)CC(=O)NCCCOC)o1. The van der Waals surface area contributed by atoms with Crippen molar-refractivity contribution in [2.45, 2.75) is 26.3 Å². The second kappa shape index (κ2) is 8.60. The summed E-state index contributed by atoms with van der Waals surface area (Å²) >= 11 is 0. The molecule has 0 fully saturated rings. The Morgan fingerprint density at radius 1 is 1.42 bits per heavy atom. The molecule has 0 aromatic carbocycles. The topological polar surface area (TPSA) is 80.5 Å². The lowest BCUT2D eigenvalue weighted by Gasteiger charge is -2.13. The summed E-state index contributed by atoms with van der Waals surface area (Å²) in [4.78, 5) is 13.4. The molecule has 0 saturated heterocycles. The van der Waals surface area contributed by atoms with Crippen LogP contribution in [-0.4, -0.2) is 54.9 Å². The molecule has 1 aromatic rings. The van der Waals surface area contributed by atoms with Gasteiger partial charge in [-0.3, -0.25) is 9.69 Å². The van der Waals surface area contributed by atoms with E-state index in [1.165, 1.54) is 0 Å². The maximum Gasteiger partial charge on any atom is 0.234 e. The van der Waals surface area contributed by atoms with E-state index in [4.69, 9.17) is 9.15 Å². The van der Waals surface area contributed by atoms with Crippen LogP contribution in [0.3, 0.4) is 0 Å². The maximum atomic E-state index is 11.6. The minimum absolute atomic E-state index is 0.0196. The molecule has 0 spiro atoms. The van der Waals surface area contributed by atoms with E-state index in [0.29, 0.717) is 38.0 Å². The van der Waals surface area contributed by atoms with Gasteiger partial charge in [-0.25, -0.2) is 0 Å². The van der Waals surface area contributed by atoms with Crippen LogP contribution in [0.5, 0.6) is 0 Å². The van der Waals surface area contributed by atoms with Crippen LogP contribution in [0, 0.1) is 0 Å². The number of methoxy groups -OCH3 is 1. The van der Waals surface area contributed by atoms with Crippen LogP contribution in [0.15, 0.2) is 4.42 Å². The summed E-state index contributed by atoms with van der Waals surface area (Å²) in [5.74, 6) is 1.13. The van der Waals surface area contributed by atoms with Gasteiger partial charge in [0.25, 0.3) is 0 Å². The smallest absolute Gasteiger partial charge is 0.234 e. The van der Waals surface area contributed by atoms with E-state index in [2.05, 4.69) is 15.5 Å². The number of aryl methyl sites for hydroxylation is 1. The van der Waals surface area contributed by atoms with Gasteiger partial charge in [-0.1, -0.05) is 6.92 Å². The average molecular weight is 270 g/mol. The zero-order valence-corrected chi connectivity index (χ0v) is 11.8. The molecule has 1 N–H and O–H groups in total. The first kappa shape index (κ1) is 15.6. The van der Waals surface area contributed by atoms with Crippen molar-refractivity contribution in [2.75, 3.05) is 33.9 Å². The number of likely N-dealkylation sites (N-methyl/N-ethyl adjacent to an activating group) is 1. The minimum Gasteiger partial charge on any atom is -0.424 e.